The summed E-state index contributed by atoms with van der Waals surface area (Å²) < 4.78 is 27.8. The fourth-order valence-corrected chi connectivity index (χ4v) is 2.59. The molecule has 1 aromatic rings. The lowest BCUT2D eigenvalue weighted by molar-refractivity contribution is 0.414. The van der Waals surface area contributed by atoms with Crippen LogP contribution < -0.4 is 10.5 Å². The maximum Gasteiger partial charge on any atom is 0.150 e. The molecule has 5 heteroatoms. The van der Waals surface area contributed by atoms with Gasteiger partial charge in [0.15, 0.2) is 0 Å². The van der Waals surface area contributed by atoms with Crippen molar-refractivity contribution in [2.75, 3.05) is 18.6 Å². The minimum atomic E-state index is -2.92. The Hall–Kier alpha value is -1.07. The van der Waals surface area contributed by atoms with Crippen LogP contribution in [0.3, 0.4) is 0 Å². The Morgan fingerprint density at radius 3 is 2.39 bits per heavy atom. The van der Waals surface area contributed by atoms with Crippen molar-refractivity contribution < 1.29 is 13.2 Å². The molecule has 0 aromatic heterocycles. The first-order valence-corrected chi connectivity index (χ1v) is 7.88. The molecule has 0 fully saturated rings. The van der Waals surface area contributed by atoms with Crippen molar-refractivity contribution in [2.24, 2.45) is 5.73 Å². The van der Waals surface area contributed by atoms with E-state index in [2.05, 4.69) is 0 Å². The lowest BCUT2D eigenvalue weighted by Gasteiger charge is -2.11. The lowest BCUT2D eigenvalue weighted by Crippen LogP contribution is -2.26. The van der Waals surface area contributed by atoms with Crippen molar-refractivity contribution >= 4 is 9.84 Å². The van der Waals surface area contributed by atoms with Crippen molar-refractivity contribution in [1.29, 1.82) is 0 Å². The SMILES string of the molecule is CCS(=O)(=O)CCC(N)Cc1ccc(OC)cc1. The number of nitrogens with two attached hydrogens (primary N) is 1. The van der Waals surface area contributed by atoms with Gasteiger partial charge in [0.25, 0.3) is 0 Å². The first-order chi connectivity index (χ1) is 8.46. The van der Waals surface area contributed by atoms with E-state index in [0.29, 0.717) is 12.8 Å². The molecular formula is C13H21NO3S. The largest absolute Gasteiger partial charge is 0.497 e. The van der Waals surface area contributed by atoms with Gasteiger partial charge in [0.1, 0.15) is 15.6 Å². The summed E-state index contributed by atoms with van der Waals surface area (Å²) in [5.41, 5.74) is 7.04. The third kappa shape index (κ3) is 5.06. The molecule has 1 atom stereocenters. The standard InChI is InChI=1S/C13H21NO3S/c1-3-18(15,16)9-8-12(14)10-11-4-6-13(17-2)7-5-11/h4-7,12H,3,8-10,14H2,1-2H3. The third-order valence-electron chi connectivity index (χ3n) is 2.90. The smallest absolute Gasteiger partial charge is 0.150 e. The summed E-state index contributed by atoms with van der Waals surface area (Å²) >= 11 is 0. The monoisotopic (exact) mass is 271 g/mol. The van der Waals surface area contributed by atoms with Crippen LogP contribution in [0.2, 0.25) is 0 Å². The highest BCUT2D eigenvalue weighted by Gasteiger charge is 2.11. The quantitative estimate of drug-likeness (QED) is 0.813. The minimum Gasteiger partial charge on any atom is -0.497 e. The molecule has 0 radical (unpaired) electrons. The van der Waals surface area contributed by atoms with Gasteiger partial charge < -0.3 is 10.5 Å². The molecule has 0 aliphatic heterocycles. The van der Waals surface area contributed by atoms with E-state index in [9.17, 15) is 8.42 Å². The van der Waals surface area contributed by atoms with Crippen LogP contribution in [0.1, 0.15) is 18.9 Å². The molecule has 102 valence electrons. The first-order valence-electron chi connectivity index (χ1n) is 6.05. The van der Waals surface area contributed by atoms with Crippen molar-refractivity contribution in [3.05, 3.63) is 29.8 Å². The highest BCUT2D eigenvalue weighted by atomic mass is 32.2. The number of hydrogen-bond acceptors (Lipinski definition) is 4. The normalized spacial score (nSPS) is 13.3. The van der Waals surface area contributed by atoms with Crippen LogP contribution in [0.4, 0.5) is 0 Å². The molecular weight excluding hydrogens is 250 g/mol. The Bertz CT molecular complexity index is 454. The second-order valence-corrected chi connectivity index (χ2v) is 6.81. The molecule has 0 aliphatic rings. The number of ether oxygens (including phenoxy) is 1. The van der Waals surface area contributed by atoms with Gasteiger partial charge in [-0.15, -0.1) is 0 Å². The molecule has 1 rings (SSSR count). The van der Waals surface area contributed by atoms with E-state index in [0.717, 1.165) is 11.3 Å². The number of methoxy groups -OCH3 is 1. The molecule has 1 unspecified atom stereocenters. The Morgan fingerprint density at radius 1 is 1.28 bits per heavy atom. The average Bonchev–Trinajstić information content (AvgIpc) is 2.37. The zero-order valence-corrected chi connectivity index (χ0v) is 11.7. The van der Waals surface area contributed by atoms with E-state index in [1.54, 1.807) is 14.0 Å². The van der Waals surface area contributed by atoms with E-state index in [4.69, 9.17) is 10.5 Å². The summed E-state index contributed by atoms with van der Waals surface area (Å²) in [4.78, 5) is 0. The number of hydrogen-bond donors (Lipinski definition) is 1. The van der Waals surface area contributed by atoms with Crippen molar-refractivity contribution in [2.45, 2.75) is 25.8 Å². The molecule has 2 N–H and O–H groups in total. The zero-order chi connectivity index (χ0) is 13.6. The van der Waals surface area contributed by atoms with E-state index >= 15 is 0 Å². The van der Waals surface area contributed by atoms with Gasteiger partial charge in [-0.3, -0.25) is 0 Å². The van der Waals surface area contributed by atoms with Crippen molar-refractivity contribution in [3.63, 3.8) is 0 Å². The highest BCUT2D eigenvalue weighted by Crippen LogP contribution is 2.13. The summed E-state index contributed by atoms with van der Waals surface area (Å²) in [6.07, 6.45) is 1.19. The summed E-state index contributed by atoms with van der Waals surface area (Å²) in [6, 6.07) is 7.54. The first kappa shape index (κ1) is 15.0. The van der Waals surface area contributed by atoms with E-state index in [-0.39, 0.29) is 17.5 Å². The Labute approximate surface area is 109 Å². The van der Waals surface area contributed by atoms with Gasteiger partial charge >= 0.3 is 0 Å². The predicted molar refractivity (Wildman–Crippen MR) is 73.6 cm³/mol. The van der Waals surface area contributed by atoms with Crippen LogP contribution in [0.5, 0.6) is 5.75 Å². The summed E-state index contributed by atoms with van der Waals surface area (Å²) in [5, 5.41) is 0. The minimum absolute atomic E-state index is 0.125. The molecule has 1 aromatic carbocycles. The second-order valence-electron chi connectivity index (χ2n) is 4.34. The summed E-state index contributed by atoms with van der Waals surface area (Å²) in [6.45, 7) is 1.66. The van der Waals surface area contributed by atoms with Crippen molar-refractivity contribution in [1.82, 2.24) is 0 Å². The number of rotatable bonds is 7. The van der Waals surface area contributed by atoms with Crippen LogP contribution in [-0.4, -0.2) is 33.1 Å². The Morgan fingerprint density at radius 2 is 1.89 bits per heavy atom. The Balaban J connectivity index is 2.46. The van der Waals surface area contributed by atoms with Crippen LogP contribution in [0.25, 0.3) is 0 Å². The number of benzene rings is 1. The fraction of sp³-hybridized carbons (Fsp3) is 0.538. The highest BCUT2D eigenvalue weighted by molar-refractivity contribution is 7.91. The summed E-state index contributed by atoms with van der Waals surface area (Å²) in [5.74, 6) is 1.16. The van der Waals surface area contributed by atoms with E-state index in [1.165, 1.54) is 0 Å². The van der Waals surface area contributed by atoms with Gasteiger partial charge in [-0.05, 0) is 30.5 Å². The van der Waals surface area contributed by atoms with Gasteiger partial charge in [-0.2, -0.15) is 0 Å². The predicted octanol–water partition coefficient (Wildman–Crippen LogP) is 1.39. The van der Waals surface area contributed by atoms with E-state index < -0.39 is 9.84 Å². The molecule has 0 aliphatic carbocycles. The lowest BCUT2D eigenvalue weighted by atomic mass is 10.0. The van der Waals surface area contributed by atoms with Crippen LogP contribution in [-0.2, 0) is 16.3 Å². The zero-order valence-electron chi connectivity index (χ0n) is 10.9. The maximum absolute atomic E-state index is 11.4. The van der Waals surface area contributed by atoms with Crippen LogP contribution in [0.15, 0.2) is 24.3 Å². The van der Waals surface area contributed by atoms with Crippen LogP contribution >= 0.6 is 0 Å². The van der Waals surface area contributed by atoms with Gasteiger partial charge in [0.05, 0.1) is 12.9 Å². The van der Waals surface area contributed by atoms with Crippen LogP contribution in [0, 0.1) is 0 Å². The molecule has 18 heavy (non-hydrogen) atoms. The topological polar surface area (TPSA) is 69.4 Å². The second kappa shape index (κ2) is 6.75. The molecule has 0 amide bonds. The number of sulfone groups is 1. The van der Waals surface area contributed by atoms with E-state index in [1.807, 2.05) is 24.3 Å². The van der Waals surface area contributed by atoms with Gasteiger partial charge in [0.2, 0.25) is 0 Å². The van der Waals surface area contributed by atoms with Gasteiger partial charge in [0, 0.05) is 11.8 Å². The van der Waals surface area contributed by atoms with Gasteiger partial charge in [-0.25, -0.2) is 8.42 Å². The molecule has 0 spiro atoms. The van der Waals surface area contributed by atoms with Gasteiger partial charge in [-0.1, -0.05) is 19.1 Å². The third-order valence-corrected chi connectivity index (χ3v) is 4.63. The molecule has 0 bridgehead atoms. The molecule has 0 saturated carbocycles. The summed E-state index contributed by atoms with van der Waals surface area (Å²) in [7, 11) is -1.30. The average molecular weight is 271 g/mol. The Kier molecular flexibility index (Phi) is 5.62. The van der Waals surface area contributed by atoms with Crippen molar-refractivity contribution in [3.8, 4) is 5.75 Å². The molecule has 4 nitrogen and oxygen atoms in total. The fourth-order valence-electron chi connectivity index (χ4n) is 1.64. The maximum atomic E-state index is 11.4. The molecule has 0 heterocycles. The molecule has 0 saturated heterocycles.